The molecule has 6 heteroatoms. The van der Waals surface area contributed by atoms with Gasteiger partial charge in [0.2, 0.25) is 0 Å². The van der Waals surface area contributed by atoms with Gasteiger partial charge in [-0.3, -0.25) is 0 Å². The summed E-state index contributed by atoms with van der Waals surface area (Å²) in [6.45, 7) is 8.69. The standard InChI is InChI=1S/C18H28O6/c1-12(9-14(20)21-5)8-13(19)18-15(2,3)10-17(6-7-22-24-17)11-16(18,4)23-18/h9,13,19H,6-8,10-11H2,1-5H3. The van der Waals surface area contributed by atoms with Crippen LogP contribution in [0.15, 0.2) is 11.6 Å². The van der Waals surface area contributed by atoms with E-state index in [0.29, 0.717) is 19.4 Å². The van der Waals surface area contributed by atoms with Gasteiger partial charge in [0.15, 0.2) is 0 Å². The zero-order chi connectivity index (χ0) is 17.8. The SMILES string of the molecule is COC(=O)C=C(C)CC(O)C12OC1(C)CC1(CCOO1)CC2(C)C. The molecule has 136 valence electrons. The number of rotatable bonds is 4. The van der Waals surface area contributed by atoms with Gasteiger partial charge in [-0.15, -0.1) is 0 Å². The fraction of sp³-hybridized carbons (Fsp3) is 0.833. The van der Waals surface area contributed by atoms with Gasteiger partial charge in [-0.2, -0.15) is 0 Å². The van der Waals surface area contributed by atoms with Crippen LogP contribution in [0.3, 0.4) is 0 Å². The lowest BCUT2D eigenvalue weighted by Crippen LogP contribution is -2.57. The van der Waals surface area contributed by atoms with Crippen LogP contribution in [0, 0.1) is 5.41 Å². The molecule has 0 radical (unpaired) electrons. The third-order valence-electron chi connectivity index (χ3n) is 5.99. The topological polar surface area (TPSA) is 77.5 Å². The van der Waals surface area contributed by atoms with E-state index in [9.17, 15) is 9.90 Å². The second-order valence-electron chi connectivity index (χ2n) is 8.38. The normalized spacial score (nSPS) is 41.8. The Morgan fingerprint density at radius 2 is 2.04 bits per heavy atom. The van der Waals surface area contributed by atoms with Crippen LogP contribution in [0.4, 0.5) is 0 Å². The monoisotopic (exact) mass is 340 g/mol. The summed E-state index contributed by atoms with van der Waals surface area (Å²) in [5.74, 6) is -0.407. The van der Waals surface area contributed by atoms with Crippen molar-refractivity contribution in [1.82, 2.24) is 0 Å². The molecule has 2 aliphatic heterocycles. The number of ether oxygens (including phenoxy) is 2. The van der Waals surface area contributed by atoms with Crippen LogP contribution in [0.5, 0.6) is 0 Å². The molecule has 1 aliphatic carbocycles. The van der Waals surface area contributed by atoms with E-state index in [1.54, 1.807) is 0 Å². The highest BCUT2D eigenvalue weighted by Gasteiger charge is 2.81. The summed E-state index contributed by atoms with van der Waals surface area (Å²) in [7, 11) is 1.34. The minimum atomic E-state index is -0.696. The van der Waals surface area contributed by atoms with Crippen molar-refractivity contribution in [2.45, 2.75) is 76.3 Å². The first kappa shape index (κ1) is 17.9. The Labute approximate surface area is 143 Å². The van der Waals surface area contributed by atoms with Gasteiger partial charge in [-0.05, 0) is 26.7 Å². The van der Waals surface area contributed by atoms with Crippen molar-refractivity contribution in [3.8, 4) is 0 Å². The molecular weight excluding hydrogens is 312 g/mol. The molecule has 0 aromatic rings. The van der Waals surface area contributed by atoms with E-state index in [1.807, 2.05) is 13.8 Å². The molecule has 3 rings (SSSR count). The van der Waals surface area contributed by atoms with E-state index in [-0.39, 0.29) is 11.0 Å². The molecule has 4 unspecified atom stereocenters. The van der Waals surface area contributed by atoms with Crippen LogP contribution in [-0.2, 0) is 24.0 Å². The second-order valence-corrected chi connectivity index (χ2v) is 8.38. The van der Waals surface area contributed by atoms with Crippen molar-refractivity contribution in [2.24, 2.45) is 5.41 Å². The van der Waals surface area contributed by atoms with Crippen molar-refractivity contribution in [2.75, 3.05) is 13.7 Å². The van der Waals surface area contributed by atoms with E-state index in [4.69, 9.17) is 14.5 Å². The van der Waals surface area contributed by atoms with Gasteiger partial charge in [0.05, 0.1) is 19.8 Å². The van der Waals surface area contributed by atoms with Crippen LogP contribution in [0.2, 0.25) is 0 Å². The van der Waals surface area contributed by atoms with Crippen molar-refractivity contribution in [3.05, 3.63) is 11.6 Å². The number of aliphatic hydroxyl groups excluding tert-OH is 1. The van der Waals surface area contributed by atoms with Gasteiger partial charge in [0.1, 0.15) is 16.8 Å². The van der Waals surface area contributed by atoms with E-state index < -0.39 is 23.3 Å². The molecule has 6 nitrogen and oxygen atoms in total. The van der Waals surface area contributed by atoms with E-state index in [2.05, 4.69) is 18.6 Å². The molecular formula is C18H28O6. The average Bonchev–Trinajstić information content (AvgIpc) is 2.89. The van der Waals surface area contributed by atoms with Gasteiger partial charge in [0.25, 0.3) is 0 Å². The van der Waals surface area contributed by atoms with Crippen molar-refractivity contribution >= 4 is 5.97 Å². The van der Waals surface area contributed by atoms with E-state index >= 15 is 0 Å². The first-order chi connectivity index (χ1) is 11.1. The molecule has 3 aliphatic rings. The molecule has 24 heavy (non-hydrogen) atoms. The van der Waals surface area contributed by atoms with E-state index in [0.717, 1.165) is 18.4 Å². The zero-order valence-electron chi connectivity index (χ0n) is 15.2. The van der Waals surface area contributed by atoms with Gasteiger partial charge in [0, 0.05) is 24.3 Å². The highest BCUT2D eigenvalue weighted by Crippen LogP contribution is 2.70. The number of carbonyl (C=O) groups excluding carboxylic acids is 1. The number of hydrogen-bond acceptors (Lipinski definition) is 6. The number of epoxide rings is 1. The smallest absolute Gasteiger partial charge is 0.330 e. The van der Waals surface area contributed by atoms with Crippen LogP contribution in [0.1, 0.15) is 53.4 Å². The van der Waals surface area contributed by atoms with Crippen LogP contribution in [0.25, 0.3) is 0 Å². The molecule has 1 saturated carbocycles. The lowest BCUT2D eigenvalue weighted by molar-refractivity contribution is -0.322. The maximum Gasteiger partial charge on any atom is 0.330 e. The van der Waals surface area contributed by atoms with Gasteiger partial charge in [-0.25, -0.2) is 14.6 Å². The molecule has 0 aromatic heterocycles. The minimum absolute atomic E-state index is 0.279. The van der Waals surface area contributed by atoms with Crippen molar-refractivity contribution < 1.29 is 29.1 Å². The summed E-state index contributed by atoms with van der Waals surface area (Å²) in [6.07, 6.45) is 3.43. The van der Waals surface area contributed by atoms with Gasteiger partial charge < -0.3 is 14.6 Å². The fourth-order valence-electron chi connectivity index (χ4n) is 5.28. The summed E-state index contributed by atoms with van der Waals surface area (Å²) in [6, 6.07) is 0. The number of fused-ring (bicyclic) bond motifs is 1. The summed E-state index contributed by atoms with van der Waals surface area (Å²) in [5, 5.41) is 11.0. The number of methoxy groups -OCH3 is 1. The number of carbonyl (C=O) groups is 1. The molecule has 0 amide bonds. The van der Waals surface area contributed by atoms with Gasteiger partial charge >= 0.3 is 5.97 Å². The Balaban J connectivity index is 1.81. The summed E-state index contributed by atoms with van der Waals surface area (Å²) in [4.78, 5) is 22.2. The average molecular weight is 340 g/mol. The largest absolute Gasteiger partial charge is 0.466 e. The molecule has 2 saturated heterocycles. The third-order valence-corrected chi connectivity index (χ3v) is 5.99. The highest BCUT2D eigenvalue weighted by atomic mass is 17.2. The lowest BCUT2D eigenvalue weighted by atomic mass is 9.56. The Bertz CT molecular complexity index is 562. The summed E-state index contributed by atoms with van der Waals surface area (Å²) in [5.41, 5.74) is -0.915. The first-order valence-electron chi connectivity index (χ1n) is 8.54. The fourth-order valence-corrected chi connectivity index (χ4v) is 5.28. The number of esters is 1. The maximum atomic E-state index is 11.4. The summed E-state index contributed by atoms with van der Waals surface area (Å²) < 4.78 is 10.9. The van der Waals surface area contributed by atoms with Gasteiger partial charge in [-0.1, -0.05) is 19.4 Å². The highest BCUT2D eigenvalue weighted by molar-refractivity contribution is 5.82. The minimum Gasteiger partial charge on any atom is -0.466 e. The predicted molar refractivity (Wildman–Crippen MR) is 86.0 cm³/mol. The number of aliphatic hydroxyl groups is 1. The Morgan fingerprint density at radius 3 is 2.58 bits per heavy atom. The van der Waals surface area contributed by atoms with Crippen LogP contribution < -0.4 is 0 Å². The first-order valence-corrected chi connectivity index (χ1v) is 8.54. The molecule has 0 bridgehead atoms. The molecule has 1 N–H and O–H groups in total. The van der Waals surface area contributed by atoms with Crippen molar-refractivity contribution in [1.29, 1.82) is 0 Å². The van der Waals surface area contributed by atoms with E-state index in [1.165, 1.54) is 13.2 Å². The summed E-state index contributed by atoms with van der Waals surface area (Å²) >= 11 is 0. The quantitative estimate of drug-likeness (QED) is 0.366. The van der Waals surface area contributed by atoms with Crippen LogP contribution in [-0.4, -0.2) is 47.7 Å². The Kier molecular flexibility index (Phi) is 4.11. The Morgan fingerprint density at radius 1 is 1.33 bits per heavy atom. The molecule has 3 fully saturated rings. The molecule has 0 aromatic carbocycles. The Hall–Kier alpha value is -0.950. The third kappa shape index (κ3) is 2.51. The molecule has 2 heterocycles. The molecule has 4 atom stereocenters. The predicted octanol–water partition coefficient (Wildman–Crippen LogP) is 2.30. The lowest BCUT2D eigenvalue weighted by Gasteiger charge is -2.47. The second kappa shape index (κ2) is 5.53. The molecule has 1 spiro atoms. The van der Waals surface area contributed by atoms with Crippen LogP contribution >= 0.6 is 0 Å². The number of hydrogen-bond donors (Lipinski definition) is 1. The maximum absolute atomic E-state index is 11.4. The van der Waals surface area contributed by atoms with Crippen molar-refractivity contribution in [3.63, 3.8) is 0 Å². The zero-order valence-corrected chi connectivity index (χ0v) is 15.2.